The number of halogens is 1. The van der Waals surface area contributed by atoms with E-state index in [1.54, 1.807) is 19.2 Å². The summed E-state index contributed by atoms with van der Waals surface area (Å²) in [4.78, 5) is 17.2. The monoisotopic (exact) mass is 473 g/mol. The second-order valence-electron chi connectivity index (χ2n) is 8.80. The number of fused-ring (bicyclic) bond motifs is 4. The van der Waals surface area contributed by atoms with E-state index in [0.717, 1.165) is 49.8 Å². The molecule has 0 N–H and O–H groups in total. The third kappa shape index (κ3) is 3.58. The number of hydrogen-bond donors (Lipinski definition) is 0. The third-order valence-corrected chi connectivity index (χ3v) is 6.73. The number of esters is 1. The minimum atomic E-state index is -0.386. The summed E-state index contributed by atoms with van der Waals surface area (Å²) in [6.07, 6.45) is 0. The maximum atomic E-state index is 15.0. The van der Waals surface area contributed by atoms with Crippen LogP contribution < -0.4 is 0 Å². The number of rotatable bonds is 6. The van der Waals surface area contributed by atoms with Crippen molar-refractivity contribution in [3.8, 4) is 11.4 Å². The van der Waals surface area contributed by atoms with Gasteiger partial charge < -0.3 is 18.6 Å². The van der Waals surface area contributed by atoms with Crippen LogP contribution in [0.4, 0.5) is 4.39 Å². The zero-order valence-corrected chi connectivity index (χ0v) is 20.6. The van der Waals surface area contributed by atoms with Crippen LogP contribution >= 0.6 is 0 Å². The topological polar surface area (TPSA) is 58.3 Å². The summed E-state index contributed by atoms with van der Waals surface area (Å²) < 4.78 is 29.4. The molecule has 180 valence electrons. The Hall–Kier alpha value is -3.71. The number of imidazole rings is 1. The molecule has 0 saturated carbocycles. The molecule has 0 saturated heterocycles. The number of aryl methyl sites for hydroxylation is 3. The highest BCUT2D eigenvalue weighted by molar-refractivity contribution is 6.09. The molecular formula is C28H28FN3O3. The van der Waals surface area contributed by atoms with E-state index in [9.17, 15) is 9.18 Å². The highest BCUT2D eigenvalue weighted by Crippen LogP contribution is 2.36. The fourth-order valence-electron chi connectivity index (χ4n) is 5.07. The summed E-state index contributed by atoms with van der Waals surface area (Å²) in [5.41, 5.74) is 6.34. The molecule has 5 rings (SSSR count). The summed E-state index contributed by atoms with van der Waals surface area (Å²) in [6, 6.07) is 13.5. The Bertz CT molecular complexity index is 1610. The molecule has 0 radical (unpaired) electrons. The molecule has 5 aromatic rings. The van der Waals surface area contributed by atoms with Crippen LogP contribution in [-0.4, -0.2) is 40.9 Å². The smallest absolute Gasteiger partial charge is 0.338 e. The normalized spacial score (nSPS) is 11.7. The highest BCUT2D eigenvalue weighted by Gasteiger charge is 2.20. The van der Waals surface area contributed by atoms with Crippen molar-refractivity contribution in [3.05, 3.63) is 65.0 Å². The second-order valence-corrected chi connectivity index (χ2v) is 8.80. The maximum Gasteiger partial charge on any atom is 0.338 e. The molecule has 0 aliphatic heterocycles. The lowest BCUT2D eigenvalue weighted by molar-refractivity contribution is 0.0600. The third-order valence-electron chi connectivity index (χ3n) is 6.73. The summed E-state index contributed by atoms with van der Waals surface area (Å²) in [5, 5.41) is 1.88. The Balaban J connectivity index is 1.79. The molecule has 0 aliphatic rings. The van der Waals surface area contributed by atoms with E-state index < -0.39 is 0 Å². The fourth-order valence-corrected chi connectivity index (χ4v) is 5.07. The van der Waals surface area contributed by atoms with Crippen molar-refractivity contribution in [2.24, 2.45) is 0 Å². The number of carbonyl (C=O) groups excluding carboxylic acids is 1. The van der Waals surface area contributed by atoms with Gasteiger partial charge in [0.2, 0.25) is 0 Å². The van der Waals surface area contributed by atoms with Crippen LogP contribution in [0.3, 0.4) is 0 Å². The van der Waals surface area contributed by atoms with E-state index in [1.165, 1.54) is 7.11 Å². The zero-order valence-electron chi connectivity index (χ0n) is 20.6. The summed E-state index contributed by atoms with van der Waals surface area (Å²) >= 11 is 0. The van der Waals surface area contributed by atoms with Gasteiger partial charge in [0.15, 0.2) is 0 Å². The average Bonchev–Trinajstić information content (AvgIpc) is 3.38. The van der Waals surface area contributed by atoms with Crippen molar-refractivity contribution in [2.75, 3.05) is 20.8 Å². The molecule has 2 aromatic heterocycles. The molecule has 3 aromatic carbocycles. The number of aromatic nitrogens is 3. The van der Waals surface area contributed by atoms with E-state index in [1.807, 2.05) is 49.6 Å². The van der Waals surface area contributed by atoms with E-state index in [2.05, 4.69) is 10.6 Å². The maximum absolute atomic E-state index is 15.0. The molecule has 0 amide bonds. The quantitative estimate of drug-likeness (QED) is 0.283. The average molecular weight is 474 g/mol. The predicted octanol–water partition coefficient (Wildman–Crippen LogP) is 6.02. The molecule has 7 heteroatoms. The van der Waals surface area contributed by atoms with Gasteiger partial charge in [0.1, 0.15) is 11.6 Å². The van der Waals surface area contributed by atoms with Crippen LogP contribution in [0.1, 0.15) is 28.4 Å². The second kappa shape index (κ2) is 8.82. The Morgan fingerprint density at radius 3 is 2.49 bits per heavy atom. The lowest BCUT2D eigenvalue weighted by atomic mass is 10.1. The largest absolute Gasteiger partial charge is 0.465 e. The van der Waals surface area contributed by atoms with Gasteiger partial charge in [-0.2, -0.15) is 0 Å². The number of hydrogen-bond acceptors (Lipinski definition) is 4. The number of nitrogens with zero attached hydrogens (tertiary/aromatic N) is 3. The van der Waals surface area contributed by atoms with Gasteiger partial charge in [-0.3, -0.25) is 0 Å². The molecule has 0 unspecified atom stereocenters. The molecule has 0 fully saturated rings. The van der Waals surface area contributed by atoms with Crippen molar-refractivity contribution in [1.82, 2.24) is 14.1 Å². The first-order valence-electron chi connectivity index (χ1n) is 11.7. The molecule has 0 atom stereocenters. The van der Waals surface area contributed by atoms with Crippen LogP contribution in [0.25, 0.3) is 44.2 Å². The van der Waals surface area contributed by atoms with Gasteiger partial charge in [-0.15, -0.1) is 0 Å². The number of ether oxygens (including phenoxy) is 2. The molecule has 0 spiro atoms. The minimum Gasteiger partial charge on any atom is -0.465 e. The van der Waals surface area contributed by atoms with E-state index in [4.69, 9.17) is 14.5 Å². The SMILES string of the molecule is CCn1c2ccc(-c3nc4c(C)c(C(=O)OC)ccc4n3CCOC)cc2c2cc(C)cc(F)c21. The summed E-state index contributed by atoms with van der Waals surface area (Å²) in [5.74, 6) is 0.177. The van der Waals surface area contributed by atoms with E-state index >= 15 is 0 Å². The van der Waals surface area contributed by atoms with Crippen LogP contribution in [0.5, 0.6) is 0 Å². The van der Waals surface area contributed by atoms with Crippen molar-refractivity contribution in [2.45, 2.75) is 33.9 Å². The first-order chi connectivity index (χ1) is 16.9. The van der Waals surface area contributed by atoms with E-state index in [0.29, 0.717) is 30.8 Å². The summed E-state index contributed by atoms with van der Waals surface area (Å²) in [6.45, 7) is 7.60. The van der Waals surface area contributed by atoms with Crippen molar-refractivity contribution in [3.63, 3.8) is 0 Å². The van der Waals surface area contributed by atoms with Gasteiger partial charge in [0.05, 0.1) is 35.8 Å². The van der Waals surface area contributed by atoms with Crippen molar-refractivity contribution >= 4 is 38.8 Å². The molecule has 0 aliphatic carbocycles. The number of methoxy groups -OCH3 is 2. The summed E-state index contributed by atoms with van der Waals surface area (Å²) in [7, 11) is 3.04. The van der Waals surface area contributed by atoms with Crippen molar-refractivity contribution < 1.29 is 18.7 Å². The van der Waals surface area contributed by atoms with Crippen LogP contribution in [0, 0.1) is 19.7 Å². The zero-order chi connectivity index (χ0) is 24.9. The van der Waals surface area contributed by atoms with Gasteiger partial charge in [0, 0.05) is 42.1 Å². The van der Waals surface area contributed by atoms with Gasteiger partial charge >= 0.3 is 5.97 Å². The van der Waals surface area contributed by atoms with Crippen LogP contribution in [0.2, 0.25) is 0 Å². The van der Waals surface area contributed by atoms with Crippen molar-refractivity contribution in [1.29, 1.82) is 0 Å². The molecule has 35 heavy (non-hydrogen) atoms. The highest BCUT2D eigenvalue weighted by atomic mass is 19.1. The minimum absolute atomic E-state index is 0.210. The molecule has 0 bridgehead atoms. The Labute approximate surface area is 202 Å². The van der Waals surface area contributed by atoms with Gasteiger partial charge in [0.25, 0.3) is 0 Å². The lowest BCUT2D eigenvalue weighted by Crippen LogP contribution is -2.07. The molecule has 6 nitrogen and oxygen atoms in total. The van der Waals surface area contributed by atoms with Gasteiger partial charge in [-0.25, -0.2) is 14.2 Å². The first-order valence-corrected chi connectivity index (χ1v) is 11.7. The first kappa shape index (κ1) is 23.1. The Kier molecular flexibility index (Phi) is 5.81. The standard InChI is InChI=1S/C28H28FN3O3/c1-6-31-23-9-7-18(15-20(23)21-13-16(2)14-22(29)26(21)31)27-30-25-17(3)19(28(33)35-5)8-10-24(25)32(27)11-12-34-4/h7-10,13-15H,6,11-12H2,1-5H3. The fraction of sp³-hybridized carbons (Fsp3) is 0.286. The number of benzene rings is 3. The molecule has 2 heterocycles. The van der Waals surface area contributed by atoms with E-state index in [-0.39, 0.29) is 11.8 Å². The molecular weight excluding hydrogens is 445 g/mol. The number of carbonyl (C=O) groups is 1. The lowest BCUT2D eigenvalue weighted by Gasteiger charge is -2.10. The predicted molar refractivity (Wildman–Crippen MR) is 136 cm³/mol. The van der Waals surface area contributed by atoms with Crippen LogP contribution in [0.15, 0.2) is 42.5 Å². The van der Waals surface area contributed by atoms with Gasteiger partial charge in [-0.1, -0.05) is 0 Å². The Morgan fingerprint density at radius 2 is 1.77 bits per heavy atom. The van der Waals surface area contributed by atoms with Gasteiger partial charge in [-0.05, 0) is 74.4 Å². The van der Waals surface area contributed by atoms with Crippen LogP contribution in [-0.2, 0) is 22.6 Å². The Morgan fingerprint density at radius 1 is 1.00 bits per heavy atom.